The van der Waals surface area contributed by atoms with Gasteiger partial charge in [0.15, 0.2) is 0 Å². The number of carboxylic acid groups (broad SMARTS) is 1. The number of carbonyl (C=O) groups is 2. The van der Waals surface area contributed by atoms with Gasteiger partial charge in [0.2, 0.25) is 5.91 Å². The molecule has 1 aliphatic heterocycles. The minimum Gasteiger partial charge on any atom is -0.481 e. The van der Waals surface area contributed by atoms with Crippen molar-refractivity contribution in [2.75, 3.05) is 24.6 Å². The summed E-state index contributed by atoms with van der Waals surface area (Å²) < 4.78 is 0. The number of carbonyl (C=O) groups excluding carboxylic acids is 1. The molecule has 1 atom stereocenters. The van der Waals surface area contributed by atoms with Crippen molar-refractivity contribution in [3.05, 3.63) is 0 Å². The Morgan fingerprint density at radius 2 is 2.40 bits per heavy atom. The predicted octanol–water partition coefficient (Wildman–Crippen LogP) is 1.06. The van der Waals surface area contributed by atoms with Crippen molar-refractivity contribution in [1.29, 1.82) is 0 Å². The van der Waals surface area contributed by atoms with Gasteiger partial charge in [-0.15, -0.1) is 0 Å². The highest BCUT2D eigenvalue weighted by Crippen LogP contribution is 2.18. The highest BCUT2D eigenvalue weighted by atomic mass is 32.2. The largest absolute Gasteiger partial charge is 0.481 e. The molecule has 1 aliphatic rings. The molecule has 0 aliphatic carbocycles. The van der Waals surface area contributed by atoms with E-state index in [-0.39, 0.29) is 11.8 Å². The maximum Gasteiger partial charge on any atom is 0.308 e. The van der Waals surface area contributed by atoms with Crippen LogP contribution in [0.5, 0.6) is 0 Å². The average Bonchev–Trinajstić information content (AvgIpc) is 2.20. The Kier molecular flexibility index (Phi) is 4.94. The lowest BCUT2D eigenvalue weighted by Crippen LogP contribution is -2.43. The van der Waals surface area contributed by atoms with Crippen LogP contribution in [0.15, 0.2) is 0 Å². The monoisotopic (exact) mass is 231 g/mol. The summed E-state index contributed by atoms with van der Waals surface area (Å²) in [6.45, 7) is 3.14. The molecule has 1 heterocycles. The van der Waals surface area contributed by atoms with Gasteiger partial charge >= 0.3 is 5.97 Å². The molecule has 1 N–H and O–H groups in total. The van der Waals surface area contributed by atoms with Crippen molar-refractivity contribution >= 4 is 23.6 Å². The molecule has 1 fully saturated rings. The second-order valence-electron chi connectivity index (χ2n) is 3.61. The van der Waals surface area contributed by atoms with E-state index in [9.17, 15) is 9.59 Å². The molecule has 0 aromatic carbocycles. The van der Waals surface area contributed by atoms with E-state index < -0.39 is 5.97 Å². The van der Waals surface area contributed by atoms with E-state index in [2.05, 4.69) is 6.92 Å². The van der Waals surface area contributed by atoms with E-state index in [0.717, 1.165) is 11.5 Å². The number of amides is 1. The van der Waals surface area contributed by atoms with E-state index >= 15 is 0 Å². The minimum absolute atomic E-state index is 0.101. The molecular formula is C10H17NO3S. The summed E-state index contributed by atoms with van der Waals surface area (Å²) in [5.41, 5.74) is 0. The third-order valence-corrected chi connectivity index (χ3v) is 3.44. The summed E-state index contributed by atoms with van der Waals surface area (Å²) in [5, 5.41) is 8.87. The van der Waals surface area contributed by atoms with Crippen molar-refractivity contribution in [3.8, 4) is 0 Å². The fourth-order valence-electron chi connectivity index (χ4n) is 1.65. The zero-order chi connectivity index (χ0) is 11.3. The first-order valence-electron chi connectivity index (χ1n) is 5.23. The SMILES string of the molecule is CCSCCN1CC(C(=O)O)CCC1=O. The second kappa shape index (κ2) is 6.00. The molecule has 4 nitrogen and oxygen atoms in total. The Balaban J connectivity index is 2.39. The summed E-state index contributed by atoms with van der Waals surface area (Å²) in [5.74, 6) is 0.882. The molecule has 1 rings (SSSR count). The molecule has 15 heavy (non-hydrogen) atoms. The topological polar surface area (TPSA) is 57.6 Å². The van der Waals surface area contributed by atoms with Crippen LogP contribution in [0.2, 0.25) is 0 Å². The Hall–Kier alpha value is -0.710. The number of piperidine rings is 1. The van der Waals surface area contributed by atoms with E-state index in [0.29, 0.717) is 25.9 Å². The number of hydrogen-bond acceptors (Lipinski definition) is 3. The summed E-state index contributed by atoms with van der Waals surface area (Å²) >= 11 is 1.77. The van der Waals surface area contributed by atoms with Crippen LogP contribution in [-0.4, -0.2) is 46.5 Å². The highest BCUT2D eigenvalue weighted by Gasteiger charge is 2.29. The first-order valence-corrected chi connectivity index (χ1v) is 6.39. The van der Waals surface area contributed by atoms with Gasteiger partial charge in [-0.1, -0.05) is 6.92 Å². The van der Waals surface area contributed by atoms with Gasteiger partial charge in [-0.3, -0.25) is 9.59 Å². The van der Waals surface area contributed by atoms with Gasteiger partial charge in [0, 0.05) is 25.3 Å². The maximum absolute atomic E-state index is 11.5. The van der Waals surface area contributed by atoms with Crippen LogP contribution in [0.4, 0.5) is 0 Å². The van der Waals surface area contributed by atoms with Crippen LogP contribution in [0.25, 0.3) is 0 Å². The lowest BCUT2D eigenvalue weighted by atomic mass is 9.98. The lowest BCUT2D eigenvalue weighted by Gasteiger charge is -2.30. The quantitative estimate of drug-likeness (QED) is 0.719. The lowest BCUT2D eigenvalue weighted by molar-refractivity contribution is -0.147. The summed E-state index contributed by atoms with van der Waals surface area (Å²) in [7, 11) is 0. The van der Waals surface area contributed by atoms with Crippen molar-refractivity contribution in [2.45, 2.75) is 19.8 Å². The van der Waals surface area contributed by atoms with Crippen LogP contribution in [0.3, 0.4) is 0 Å². The standard InChI is InChI=1S/C10H17NO3S/c1-2-15-6-5-11-7-8(10(13)14)3-4-9(11)12/h8H,2-7H2,1H3,(H,13,14). The van der Waals surface area contributed by atoms with E-state index in [1.54, 1.807) is 16.7 Å². The number of rotatable bonds is 5. The molecule has 1 unspecified atom stereocenters. The highest BCUT2D eigenvalue weighted by molar-refractivity contribution is 7.99. The molecule has 0 radical (unpaired) electrons. The molecule has 0 saturated carbocycles. The van der Waals surface area contributed by atoms with Crippen molar-refractivity contribution in [3.63, 3.8) is 0 Å². The zero-order valence-corrected chi connectivity index (χ0v) is 9.76. The van der Waals surface area contributed by atoms with Gasteiger partial charge in [0.05, 0.1) is 5.92 Å². The van der Waals surface area contributed by atoms with Crippen LogP contribution < -0.4 is 0 Å². The molecule has 0 spiro atoms. The second-order valence-corrected chi connectivity index (χ2v) is 5.00. The third kappa shape index (κ3) is 3.74. The molecule has 0 aromatic rings. The number of hydrogen-bond donors (Lipinski definition) is 1. The molecule has 0 aromatic heterocycles. The van der Waals surface area contributed by atoms with Gasteiger partial charge in [-0.25, -0.2) is 0 Å². The molecule has 5 heteroatoms. The predicted molar refractivity (Wildman–Crippen MR) is 59.9 cm³/mol. The van der Waals surface area contributed by atoms with Gasteiger partial charge < -0.3 is 10.0 Å². The smallest absolute Gasteiger partial charge is 0.308 e. The zero-order valence-electron chi connectivity index (χ0n) is 8.94. The molecule has 1 saturated heterocycles. The molecular weight excluding hydrogens is 214 g/mol. The van der Waals surface area contributed by atoms with Crippen LogP contribution in [0.1, 0.15) is 19.8 Å². The fraction of sp³-hybridized carbons (Fsp3) is 0.800. The van der Waals surface area contributed by atoms with Crippen LogP contribution >= 0.6 is 11.8 Å². The van der Waals surface area contributed by atoms with Crippen molar-refractivity contribution in [2.24, 2.45) is 5.92 Å². The summed E-state index contributed by atoms with van der Waals surface area (Å²) in [4.78, 5) is 24.0. The van der Waals surface area contributed by atoms with E-state index in [4.69, 9.17) is 5.11 Å². The molecule has 86 valence electrons. The molecule has 0 bridgehead atoms. The normalized spacial score (nSPS) is 21.8. The van der Waals surface area contributed by atoms with E-state index in [1.807, 2.05) is 0 Å². The van der Waals surface area contributed by atoms with Crippen molar-refractivity contribution in [1.82, 2.24) is 4.90 Å². The number of thioether (sulfide) groups is 1. The van der Waals surface area contributed by atoms with Crippen LogP contribution in [-0.2, 0) is 9.59 Å². The number of aliphatic carboxylic acids is 1. The fourth-order valence-corrected chi connectivity index (χ4v) is 2.29. The number of likely N-dealkylation sites (tertiary alicyclic amines) is 1. The first kappa shape index (κ1) is 12.4. The van der Waals surface area contributed by atoms with E-state index in [1.165, 1.54) is 0 Å². The summed E-state index contributed by atoms with van der Waals surface area (Å²) in [6.07, 6.45) is 0.874. The van der Waals surface area contributed by atoms with Gasteiger partial charge in [-0.05, 0) is 12.2 Å². The Labute approximate surface area is 94.0 Å². The first-order chi connectivity index (χ1) is 7.15. The Morgan fingerprint density at radius 3 is 3.00 bits per heavy atom. The van der Waals surface area contributed by atoms with Crippen LogP contribution in [0, 0.1) is 5.92 Å². The average molecular weight is 231 g/mol. The Morgan fingerprint density at radius 1 is 1.67 bits per heavy atom. The van der Waals surface area contributed by atoms with Gasteiger partial charge in [0.1, 0.15) is 0 Å². The molecule has 1 amide bonds. The Bertz CT molecular complexity index is 245. The van der Waals surface area contributed by atoms with Crippen molar-refractivity contribution < 1.29 is 14.7 Å². The minimum atomic E-state index is -0.782. The summed E-state index contributed by atoms with van der Waals surface area (Å²) in [6, 6.07) is 0. The number of nitrogens with zero attached hydrogens (tertiary/aromatic N) is 1. The van der Waals surface area contributed by atoms with Gasteiger partial charge in [0.25, 0.3) is 0 Å². The van der Waals surface area contributed by atoms with Gasteiger partial charge in [-0.2, -0.15) is 11.8 Å². The maximum atomic E-state index is 11.5. The third-order valence-electron chi connectivity index (χ3n) is 2.56. The number of carboxylic acids is 1.